The first-order valence-corrected chi connectivity index (χ1v) is 8.71. The number of fused-ring (bicyclic) bond motifs is 1. The van der Waals surface area contributed by atoms with Gasteiger partial charge in [-0.2, -0.15) is 5.10 Å². The Labute approximate surface area is 136 Å². The van der Waals surface area contributed by atoms with E-state index in [1.807, 2.05) is 18.2 Å². The minimum atomic E-state index is 0.289. The van der Waals surface area contributed by atoms with Crippen LogP contribution in [0.25, 0.3) is 0 Å². The summed E-state index contributed by atoms with van der Waals surface area (Å²) in [5, 5.41) is 8.34. The lowest BCUT2D eigenvalue weighted by atomic mass is 9.92. The van der Waals surface area contributed by atoms with Crippen molar-refractivity contribution in [2.45, 2.75) is 44.6 Å². The fraction of sp³-hybridized carbons (Fsp3) is 0.474. The second-order valence-electron chi connectivity index (χ2n) is 6.63. The Morgan fingerprint density at radius 3 is 2.70 bits per heavy atom. The van der Waals surface area contributed by atoms with E-state index in [2.05, 4.69) is 22.1 Å². The number of aromatic nitrogens is 2. The van der Waals surface area contributed by atoms with E-state index in [1.54, 1.807) is 0 Å². The molecule has 0 amide bonds. The molecule has 2 aromatic rings. The summed E-state index contributed by atoms with van der Waals surface area (Å²) in [6, 6.07) is 10.8. The van der Waals surface area contributed by atoms with Gasteiger partial charge in [0, 0.05) is 18.5 Å². The van der Waals surface area contributed by atoms with E-state index in [0.29, 0.717) is 12.5 Å². The van der Waals surface area contributed by atoms with Gasteiger partial charge < -0.3 is 5.32 Å². The van der Waals surface area contributed by atoms with Crippen LogP contribution in [0, 0.1) is 0 Å². The Balaban J connectivity index is 1.73. The number of hydrogen-bond acceptors (Lipinski definition) is 3. The fourth-order valence-electron chi connectivity index (χ4n) is 3.89. The maximum absolute atomic E-state index is 12.5. The quantitative estimate of drug-likeness (QED) is 0.948. The average molecular weight is 309 g/mol. The van der Waals surface area contributed by atoms with Crippen LogP contribution in [-0.4, -0.2) is 28.7 Å². The number of nitrogens with zero attached hydrogens (tertiary/aromatic N) is 2. The molecule has 0 bridgehead atoms. The van der Waals surface area contributed by atoms with Gasteiger partial charge in [0.05, 0.1) is 17.3 Å². The Morgan fingerprint density at radius 1 is 1.13 bits per heavy atom. The van der Waals surface area contributed by atoms with Gasteiger partial charge in [-0.05, 0) is 44.3 Å². The van der Waals surface area contributed by atoms with Gasteiger partial charge in [0.1, 0.15) is 0 Å². The number of piperidine rings is 1. The Bertz CT molecular complexity index is 699. The molecule has 2 aliphatic rings. The molecule has 1 aromatic heterocycles. The summed E-state index contributed by atoms with van der Waals surface area (Å²) in [7, 11) is 0. The lowest BCUT2D eigenvalue weighted by molar-refractivity contribution is 0.0970. The predicted molar refractivity (Wildman–Crippen MR) is 89.9 cm³/mol. The zero-order chi connectivity index (χ0) is 15.6. The van der Waals surface area contributed by atoms with E-state index in [-0.39, 0.29) is 5.78 Å². The lowest BCUT2D eigenvalue weighted by Gasteiger charge is -2.25. The van der Waals surface area contributed by atoms with E-state index in [4.69, 9.17) is 5.10 Å². The summed E-state index contributed by atoms with van der Waals surface area (Å²) >= 11 is 0. The second-order valence-corrected chi connectivity index (χ2v) is 6.63. The molecule has 4 nitrogen and oxygen atoms in total. The summed E-state index contributed by atoms with van der Waals surface area (Å²) < 4.78 is 2.20. The Hall–Kier alpha value is -1.94. The third-order valence-corrected chi connectivity index (χ3v) is 5.05. The Kier molecular flexibility index (Phi) is 4.00. The maximum Gasteiger partial charge on any atom is 0.166 e. The van der Waals surface area contributed by atoms with Crippen LogP contribution in [0.15, 0.2) is 30.3 Å². The minimum absolute atomic E-state index is 0.289. The van der Waals surface area contributed by atoms with E-state index >= 15 is 0 Å². The van der Waals surface area contributed by atoms with Crippen molar-refractivity contribution in [1.29, 1.82) is 0 Å². The molecule has 4 heteroatoms. The average Bonchev–Trinajstić information content (AvgIpc) is 2.96. The standard InChI is InChI=1S/C19H23N3O/c23-18-8-4-7-17-19(18)16(13-14-5-2-1-3-6-14)21-22(17)15-9-11-20-12-10-15/h1-3,5-6,15,20H,4,7-13H2. The molecule has 1 saturated heterocycles. The zero-order valence-corrected chi connectivity index (χ0v) is 13.4. The summed E-state index contributed by atoms with van der Waals surface area (Å²) in [5.74, 6) is 0.289. The number of ketones is 1. The van der Waals surface area contributed by atoms with Crippen molar-refractivity contribution in [1.82, 2.24) is 15.1 Å². The van der Waals surface area contributed by atoms with Crippen molar-refractivity contribution in [3.05, 3.63) is 52.8 Å². The van der Waals surface area contributed by atoms with Gasteiger partial charge in [-0.25, -0.2) is 0 Å². The first kappa shape index (κ1) is 14.6. The molecular formula is C19H23N3O. The van der Waals surface area contributed by atoms with Crippen molar-refractivity contribution in [3.63, 3.8) is 0 Å². The molecule has 2 heterocycles. The third-order valence-electron chi connectivity index (χ3n) is 5.05. The van der Waals surface area contributed by atoms with Gasteiger partial charge in [-0.1, -0.05) is 30.3 Å². The highest BCUT2D eigenvalue weighted by Gasteiger charge is 2.29. The lowest BCUT2D eigenvalue weighted by Crippen LogP contribution is -2.31. The number of nitrogens with one attached hydrogen (secondary N) is 1. The molecule has 4 rings (SSSR count). The highest BCUT2D eigenvalue weighted by Crippen LogP contribution is 2.30. The summed E-state index contributed by atoms with van der Waals surface area (Å²) in [4.78, 5) is 12.5. The van der Waals surface area contributed by atoms with Gasteiger partial charge in [0.2, 0.25) is 0 Å². The number of hydrogen-bond donors (Lipinski definition) is 1. The normalized spacial score (nSPS) is 18.9. The Morgan fingerprint density at radius 2 is 1.91 bits per heavy atom. The molecule has 1 N–H and O–H groups in total. The van der Waals surface area contributed by atoms with Gasteiger partial charge in [0.15, 0.2) is 5.78 Å². The number of rotatable bonds is 3. The molecule has 0 saturated carbocycles. The van der Waals surface area contributed by atoms with Crippen LogP contribution in [0.1, 0.15) is 59.0 Å². The molecule has 23 heavy (non-hydrogen) atoms. The molecule has 0 atom stereocenters. The summed E-state index contributed by atoms with van der Waals surface area (Å²) in [5.41, 5.74) is 4.33. The zero-order valence-electron chi connectivity index (χ0n) is 13.4. The number of benzene rings is 1. The summed E-state index contributed by atoms with van der Waals surface area (Å²) in [6.45, 7) is 2.09. The van der Waals surface area contributed by atoms with Crippen molar-refractivity contribution in [3.8, 4) is 0 Å². The van der Waals surface area contributed by atoms with Gasteiger partial charge >= 0.3 is 0 Å². The first-order valence-electron chi connectivity index (χ1n) is 8.71. The van der Waals surface area contributed by atoms with Gasteiger partial charge in [0.25, 0.3) is 0 Å². The highest BCUT2D eigenvalue weighted by molar-refractivity contribution is 5.99. The molecule has 1 aliphatic carbocycles. The predicted octanol–water partition coefficient (Wildman–Crippen LogP) is 2.92. The third kappa shape index (κ3) is 2.83. The maximum atomic E-state index is 12.5. The molecule has 1 fully saturated rings. The second kappa shape index (κ2) is 6.28. The first-order chi connectivity index (χ1) is 11.3. The van der Waals surface area contributed by atoms with Gasteiger partial charge in [-0.15, -0.1) is 0 Å². The van der Waals surface area contributed by atoms with Crippen LogP contribution in [0.5, 0.6) is 0 Å². The number of carbonyl (C=O) groups is 1. The SMILES string of the molecule is O=C1CCCc2c1c(Cc1ccccc1)nn2C1CCNCC1. The van der Waals surface area contributed by atoms with E-state index < -0.39 is 0 Å². The van der Waals surface area contributed by atoms with E-state index in [1.165, 1.54) is 11.3 Å². The molecule has 1 aromatic carbocycles. The topological polar surface area (TPSA) is 46.9 Å². The monoisotopic (exact) mass is 309 g/mol. The van der Waals surface area contributed by atoms with Crippen LogP contribution in [0.2, 0.25) is 0 Å². The van der Waals surface area contributed by atoms with Crippen molar-refractivity contribution >= 4 is 5.78 Å². The number of carbonyl (C=O) groups excluding carboxylic acids is 1. The fourth-order valence-corrected chi connectivity index (χ4v) is 3.89. The molecule has 0 unspecified atom stereocenters. The van der Waals surface area contributed by atoms with Crippen molar-refractivity contribution < 1.29 is 4.79 Å². The van der Waals surface area contributed by atoms with Crippen molar-refractivity contribution in [2.24, 2.45) is 0 Å². The van der Waals surface area contributed by atoms with E-state index in [9.17, 15) is 4.79 Å². The largest absolute Gasteiger partial charge is 0.317 e. The van der Waals surface area contributed by atoms with Crippen LogP contribution < -0.4 is 5.32 Å². The number of Topliss-reactive ketones (excluding diaryl/α,β-unsaturated/α-hetero) is 1. The van der Waals surface area contributed by atoms with Crippen LogP contribution in [0.4, 0.5) is 0 Å². The highest BCUT2D eigenvalue weighted by atomic mass is 16.1. The summed E-state index contributed by atoms with van der Waals surface area (Å²) in [6.07, 6.45) is 5.60. The smallest absolute Gasteiger partial charge is 0.166 e. The molecule has 0 spiro atoms. The molecule has 0 radical (unpaired) electrons. The van der Waals surface area contributed by atoms with Crippen LogP contribution in [0.3, 0.4) is 0 Å². The van der Waals surface area contributed by atoms with Crippen LogP contribution in [-0.2, 0) is 12.8 Å². The van der Waals surface area contributed by atoms with Crippen molar-refractivity contribution in [2.75, 3.05) is 13.1 Å². The van der Waals surface area contributed by atoms with Crippen LogP contribution >= 0.6 is 0 Å². The van der Waals surface area contributed by atoms with E-state index in [0.717, 1.165) is 56.5 Å². The molecule has 120 valence electrons. The van der Waals surface area contributed by atoms with Gasteiger partial charge in [-0.3, -0.25) is 9.48 Å². The molecule has 1 aliphatic heterocycles. The minimum Gasteiger partial charge on any atom is -0.317 e. The molecular weight excluding hydrogens is 286 g/mol.